The average Bonchev–Trinajstić information content (AvgIpc) is 2.91. The number of carbonyl (C=O) groups excluding carboxylic acids is 1. The van der Waals surface area contributed by atoms with Gasteiger partial charge < -0.3 is 5.32 Å². The Morgan fingerprint density at radius 1 is 1.38 bits per heavy atom. The number of hydrogen-bond acceptors (Lipinski definition) is 1. The van der Waals surface area contributed by atoms with E-state index in [1.807, 2.05) is 37.3 Å². The van der Waals surface area contributed by atoms with Crippen molar-refractivity contribution in [3.63, 3.8) is 0 Å². The van der Waals surface area contributed by atoms with Gasteiger partial charge in [0.05, 0.1) is 0 Å². The normalized spacial score (nSPS) is 13.5. The Bertz CT molecular complexity index is 379. The Morgan fingerprint density at radius 2 is 2.08 bits per heavy atom. The van der Waals surface area contributed by atoms with Crippen molar-refractivity contribution < 1.29 is 4.79 Å². The summed E-state index contributed by atoms with van der Waals surface area (Å²) in [6.45, 7) is 1.98. The lowest BCUT2D eigenvalue weighted by Gasteiger charge is -2.05. The Hall–Kier alpha value is -1.57. The van der Waals surface area contributed by atoms with Gasteiger partial charge in [-0.1, -0.05) is 24.3 Å². The predicted molar refractivity (Wildman–Crippen MR) is 52.5 cm³/mol. The van der Waals surface area contributed by atoms with Gasteiger partial charge >= 0.3 is 0 Å². The van der Waals surface area contributed by atoms with Gasteiger partial charge in [-0.2, -0.15) is 0 Å². The van der Waals surface area contributed by atoms with E-state index in [1.165, 1.54) is 0 Å². The van der Waals surface area contributed by atoms with E-state index in [9.17, 15) is 4.79 Å². The number of carbonyl (C=O) groups is 1. The highest BCUT2D eigenvalue weighted by Gasteiger charge is 2.16. The standard InChI is InChI=1S/C11H11NO/c1-8-4-2-3-5-10(8)12-11(13)9-6-7-9/h2-6H,7H2,1H3,(H,12,13). The summed E-state index contributed by atoms with van der Waals surface area (Å²) in [5.74, 6) is 0.0364. The van der Waals surface area contributed by atoms with Crippen LogP contribution in [0.1, 0.15) is 12.0 Å². The fourth-order valence-electron chi connectivity index (χ4n) is 1.15. The summed E-state index contributed by atoms with van der Waals surface area (Å²) in [7, 11) is 0. The summed E-state index contributed by atoms with van der Waals surface area (Å²) in [4.78, 5) is 11.3. The van der Waals surface area contributed by atoms with Gasteiger partial charge in [-0.3, -0.25) is 4.79 Å². The smallest absolute Gasteiger partial charge is 0.251 e. The third-order valence-electron chi connectivity index (χ3n) is 2.09. The van der Waals surface area contributed by atoms with Crippen LogP contribution in [0.2, 0.25) is 0 Å². The zero-order valence-corrected chi connectivity index (χ0v) is 7.50. The van der Waals surface area contributed by atoms with Gasteiger partial charge in [0, 0.05) is 11.3 Å². The number of para-hydroxylation sites is 1. The summed E-state index contributed by atoms with van der Waals surface area (Å²) in [6.07, 6.45) is 2.77. The van der Waals surface area contributed by atoms with Crippen molar-refractivity contribution in [1.82, 2.24) is 0 Å². The van der Waals surface area contributed by atoms with E-state index in [0.29, 0.717) is 0 Å². The fourth-order valence-corrected chi connectivity index (χ4v) is 1.15. The second-order valence-electron chi connectivity index (χ2n) is 3.20. The van der Waals surface area contributed by atoms with E-state index in [0.717, 1.165) is 23.2 Å². The topological polar surface area (TPSA) is 29.1 Å². The zero-order valence-electron chi connectivity index (χ0n) is 7.50. The van der Waals surface area contributed by atoms with Crippen LogP contribution in [-0.2, 0) is 4.79 Å². The highest BCUT2D eigenvalue weighted by atomic mass is 16.1. The van der Waals surface area contributed by atoms with Crippen molar-refractivity contribution in [3.8, 4) is 0 Å². The molecule has 2 nitrogen and oxygen atoms in total. The molecule has 0 saturated heterocycles. The molecule has 1 aromatic rings. The molecule has 0 fully saturated rings. The molecule has 1 amide bonds. The van der Waals surface area contributed by atoms with Crippen molar-refractivity contribution in [3.05, 3.63) is 41.5 Å². The fraction of sp³-hybridized carbons (Fsp3) is 0.182. The second kappa shape index (κ2) is 3.05. The SMILES string of the molecule is Cc1ccccc1NC(=O)C1=CC1. The summed E-state index contributed by atoms with van der Waals surface area (Å²) in [5, 5.41) is 2.86. The van der Waals surface area contributed by atoms with Crippen LogP contribution in [0, 0.1) is 6.92 Å². The molecule has 1 aliphatic carbocycles. The van der Waals surface area contributed by atoms with Crippen LogP contribution < -0.4 is 5.32 Å². The first-order valence-corrected chi connectivity index (χ1v) is 4.33. The number of benzene rings is 1. The number of nitrogens with one attached hydrogen (secondary N) is 1. The number of anilines is 1. The molecule has 66 valence electrons. The number of hydrogen-bond donors (Lipinski definition) is 1. The maximum atomic E-state index is 11.3. The van der Waals surface area contributed by atoms with Crippen LogP contribution in [0.5, 0.6) is 0 Å². The predicted octanol–water partition coefficient (Wildman–Crippen LogP) is 2.26. The van der Waals surface area contributed by atoms with Crippen LogP contribution in [-0.4, -0.2) is 5.91 Å². The van der Waals surface area contributed by atoms with E-state index in [2.05, 4.69) is 5.32 Å². The number of rotatable bonds is 2. The van der Waals surface area contributed by atoms with Crippen molar-refractivity contribution >= 4 is 11.6 Å². The minimum Gasteiger partial charge on any atom is -0.322 e. The molecule has 0 aromatic heterocycles. The molecule has 0 bridgehead atoms. The summed E-state index contributed by atoms with van der Waals surface area (Å²) < 4.78 is 0. The van der Waals surface area contributed by atoms with Gasteiger partial charge in [-0.15, -0.1) is 0 Å². The number of aryl methyl sites for hydroxylation is 1. The molecule has 0 saturated carbocycles. The molecule has 1 aliphatic rings. The van der Waals surface area contributed by atoms with Gasteiger partial charge in [0.1, 0.15) is 0 Å². The van der Waals surface area contributed by atoms with Crippen LogP contribution >= 0.6 is 0 Å². The molecular formula is C11H11NO. The van der Waals surface area contributed by atoms with Gasteiger partial charge in [0.25, 0.3) is 5.91 Å². The van der Waals surface area contributed by atoms with Crippen molar-refractivity contribution in [1.29, 1.82) is 0 Å². The maximum Gasteiger partial charge on any atom is 0.251 e. The highest BCUT2D eigenvalue weighted by Crippen LogP contribution is 2.21. The van der Waals surface area contributed by atoms with E-state index in [-0.39, 0.29) is 5.91 Å². The van der Waals surface area contributed by atoms with Crippen molar-refractivity contribution in [2.45, 2.75) is 13.3 Å². The highest BCUT2D eigenvalue weighted by molar-refractivity contribution is 6.06. The summed E-state index contributed by atoms with van der Waals surface area (Å²) in [5.41, 5.74) is 2.89. The minimum atomic E-state index is 0.0364. The lowest BCUT2D eigenvalue weighted by Crippen LogP contribution is -2.10. The van der Waals surface area contributed by atoms with Crippen molar-refractivity contribution in [2.75, 3.05) is 5.32 Å². The van der Waals surface area contributed by atoms with Crippen molar-refractivity contribution in [2.24, 2.45) is 0 Å². The summed E-state index contributed by atoms with van der Waals surface area (Å²) in [6, 6.07) is 7.78. The molecular weight excluding hydrogens is 162 g/mol. The molecule has 1 N–H and O–H groups in total. The Balaban J connectivity index is 2.13. The Morgan fingerprint density at radius 3 is 2.69 bits per heavy atom. The quantitative estimate of drug-likeness (QED) is 0.730. The van der Waals surface area contributed by atoms with Gasteiger partial charge in [-0.25, -0.2) is 0 Å². The maximum absolute atomic E-state index is 11.3. The first-order valence-electron chi connectivity index (χ1n) is 4.33. The molecule has 1 aromatic carbocycles. The molecule has 2 rings (SSSR count). The molecule has 0 heterocycles. The van der Waals surface area contributed by atoms with Gasteiger partial charge in [-0.05, 0) is 25.0 Å². The third kappa shape index (κ3) is 1.78. The molecule has 0 radical (unpaired) electrons. The third-order valence-corrected chi connectivity index (χ3v) is 2.09. The first-order chi connectivity index (χ1) is 6.27. The largest absolute Gasteiger partial charge is 0.322 e. The van der Waals surface area contributed by atoms with Crippen LogP contribution in [0.15, 0.2) is 35.9 Å². The second-order valence-corrected chi connectivity index (χ2v) is 3.20. The average molecular weight is 173 g/mol. The number of amides is 1. The Kier molecular flexibility index (Phi) is 1.89. The van der Waals surface area contributed by atoms with E-state index >= 15 is 0 Å². The van der Waals surface area contributed by atoms with Gasteiger partial charge in [0.2, 0.25) is 0 Å². The van der Waals surface area contributed by atoms with Crippen LogP contribution in [0.4, 0.5) is 5.69 Å². The zero-order chi connectivity index (χ0) is 9.26. The lowest BCUT2D eigenvalue weighted by molar-refractivity contribution is -0.112. The molecule has 0 unspecified atom stereocenters. The minimum absolute atomic E-state index is 0.0364. The Labute approximate surface area is 77.3 Å². The summed E-state index contributed by atoms with van der Waals surface area (Å²) >= 11 is 0. The molecule has 0 aliphatic heterocycles. The van der Waals surface area contributed by atoms with E-state index < -0.39 is 0 Å². The molecule has 13 heavy (non-hydrogen) atoms. The van der Waals surface area contributed by atoms with Gasteiger partial charge in [0.15, 0.2) is 0 Å². The monoisotopic (exact) mass is 173 g/mol. The first kappa shape index (κ1) is 8.05. The molecule has 0 atom stereocenters. The molecule has 0 spiro atoms. The molecule has 2 heteroatoms. The van der Waals surface area contributed by atoms with Crippen LogP contribution in [0.3, 0.4) is 0 Å². The van der Waals surface area contributed by atoms with E-state index in [1.54, 1.807) is 0 Å². The van der Waals surface area contributed by atoms with Crippen LogP contribution in [0.25, 0.3) is 0 Å². The lowest BCUT2D eigenvalue weighted by atomic mass is 10.2. The van der Waals surface area contributed by atoms with E-state index in [4.69, 9.17) is 0 Å². The number of allylic oxidation sites excluding steroid dienone is 1.